The van der Waals surface area contributed by atoms with Crippen LogP contribution in [0.5, 0.6) is 0 Å². The summed E-state index contributed by atoms with van der Waals surface area (Å²) in [6, 6.07) is -3.13. The van der Waals surface area contributed by atoms with Gasteiger partial charge in [-0.05, 0) is 6.42 Å². The number of amides is 2. The highest BCUT2D eigenvalue weighted by Crippen LogP contribution is 2.19. The van der Waals surface area contributed by atoms with Gasteiger partial charge >= 0.3 is 5.97 Å². The topological polar surface area (TPSA) is 252 Å². The molecule has 0 aromatic carbocycles. The molecular weight excluding hydrogens is 398 g/mol. The molecule has 1 aliphatic rings. The molecule has 14 nitrogen and oxygen atoms in total. The molecule has 29 heavy (non-hydrogen) atoms. The first-order chi connectivity index (χ1) is 13.5. The van der Waals surface area contributed by atoms with Gasteiger partial charge in [-0.2, -0.15) is 0 Å². The van der Waals surface area contributed by atoms with Gasteiger partial charge in [-0.25, -0.2) is 0 Å². The standard InChI is InChI=1S/C15H27N3O11/c16-5(3-8(21)22)13(26)18-9(6(20)1-2-19)14(27)17-4-7-10(23)11(24)12(25)15(28)29-7/h5-7,9-12,15,19-20,23-25,28H,1-4,16H2,(H,17,27)(H,18,26)(H,21,22)/t5-,6?,7-,9-,10+,11+,12-,15+/m0/s1. The summed E-state index contributed by atoms with van der Waals surface area (Å²) >= 11 is 0. The van der Waals surface area contributed by atoms with Crippen molar-refractivity contribution in [1.29, 1.82) is 0 Å². The molecule has 0 aromatic rings. The van der Waals surface area contributed by atoms with Crippen molar-refractivity contribution in [3.8, 4) is 0 Å². The molecule has 1 heterocycles. The zero-order valence-electron chi connectivity index (χ0n) is 15.3. The number of aliphatic carboxylic acids is 1. The highest BCUT2D eigenvalue weighted by Gasteiger charge is 2.43. The van der Waals surface area contributed by atoms with Crippen molar-refractivity contribution in [3.63, 3.8) is 0 Å². The van der Waals surface area contributed by atoms with E-state index >= 15 is 0 Å². The summed E-state index contributed by atoms with van der Waals surface area (Å²) in [7, 11) is 0. The van der Waals surface area contributed by atoms with Crippen LogP contribution in [0.15, 0.2) is 0 Å². The zero-order valence-corrected chi connectivity index (χ0v) is 15.3. The lowest BCUT2D eigenvalue weighted by Crippen LogP contribution is -2.62. The van der Waals surface area contributed by atoms with Crippen LogP contribution in [0.25, 0.3) is 0 Å². The third-order valence-corrected chi connectivity index (χ3v) is 4.29. The van der Waals surface area contributed by atoms with Crippen LogP contribution < -0.4 is 16.4 Å². The fourth-order valence-corrected chi connectivity index (χ4v) is 2.59. The summed E-state index contributed by atoms with van der Waals surface area (Å²) in [5.41, 5.74) is 5.41. The van der Waals surface area contributed by atoms with Crippen molar-refractivity contribution in [2.24, 2.45) is 5.73 Å². The Morgan fingerprint density at radius 3 is 2.21 bits per heavy atom. The van der Waals surface area contributed by atoms with E-state index in [0.29, 0.717) is 0 Å². The number of nitrogens with one attached hydrogen (secondary N) is 2. The van der Waals surface area contributed by atoms with Crippen LogP contribution in [-0.4, -0.2) is 116 Å². The Labute approximate surface area is 164 Å². The molecule has 0 aliphatic carbocycles. The van der Waals surface area contributed by atoms with Crippen molar-refractivity contribution >= 4 is 17.8 Å². The second kappa shape index (κ2) is 11.3. The summed E-state index contributed by atoms with van der Waals surface area (Å²) in [4.78, 5) is 35.0. The van der Waals surface area contributed by atoms with Crippen LogP contribution in [0.3, 0.4) is 0 Å². The monoisotopic (exact) mass is 425 g/mol. The van der Waals surface area contributed by atoms with E-state index in [9.17, 15) is 39.9 Å². The molecule has 0 aromatic heterocycles. The molecule has 0 saturated carbocycles. The van der Waals surface area contributed by atoms with E-state index in [1.165, 1.54) is 0 Å². The van der Waals surface area contributed by atoms with Crippen LogP contribution in [0, 0.1) is 0 Å². The third kappa shape index (κ3) is 7.13. The number of rotatable bonds is 10. The number of hydrogen-bond donors (Lipinski definition) is 10. The van der Waals surface area contributed by atoms with Gasteiger partial charge in [-0.3, -0.25) is 14.4 Å². The van der Waals surface area contributed by atoms with Gasteiger partial charge in [0.05, 0.1) is 18.6 Å². The number of carboxylic acids is 1. The molecule has 1 rings (SSSR count). The molecule has 11 N–H and O–H groups in total. The summed E-state index contributed by atoms with van der Waals surface area (Å²) < 4.78 is 4.89. The fourth-order valence-electron chi connectivity index (χ4n) is 2.59. The molecule has 2 amide bonds. The Kier molecular flexibility index (Phi) is 9.81. The second-order valence-electron chi connectivity index (χ2n) is 6.55. The number of ether oxygens (including phenoxy) is 1. The third-order valence-electron chi connectivity index (χ3n) is 4.29. The predicted octanol–water partition coefficient (Wildman–Crippen LogP) is -6.07. The van der Waals surface area contributed by atoms with Crippen molar-refractivity contribution in [2.45, 2.75) is 61.7 Å². The fraction of sp³-hybridized carbons (Fsp3) is 0.800. The Balaban J connectivity index is 2.76. The van der Waals surface area contributed by atoms with Crippen molar-refractivity contribution in [3.05, 3.63) is 0 Å². The van der Waals surface area contributed by atoms with E-state index in [0.717, 1.165) is 0 Å². The SMILES string of the molecule is N[C@@H](CC(=O)O)C(=O)N[C@H](C(=O)NC[C@@H]1O[C@@H](O)[C@@H](O)[C@H](O)[C@@H]1O)C(O)CCO. The first kappa shape index (κ1) is 25.1. The van der Waals surface area contributed by atoms with Gasteiger partial charge in [-0.15, -0.1) is 0 Å². The van der Waals surface area contributed by atoms with Crippen LogP contribution in [0.1, 0.15) is 12.8 Å². The first-order valence-electron chi connectivity index (χ1n) is 8.71. The maximum Gasteiger partial charge on any atom is 0.305 e. The molecular formula is C15H27N3O11. The van der Waals surface area contributed by atoms with Crippen LogP contribution in [-0.2, 0) is 19.1 Å². The summed E-state index contributed by atoms with van der Waals surface area (Å²) in [5.74, 6) is -3.38. The van der Waals surface area contributed by atoms with Gasteiger partial charge in [0.15, 0.2) is 6.29 Å². The van der Waals surface area contributed by atoms with Crippen LogP contribution in [0.2, 0.25) is 0 Å². The Bertz CT molecular complexity index is 578. The average Bonchev–Trinajstić information content (AvgIpc) is 2.65. The largest absolute Gasteiger partial charge is 0.481 e. The average molecular weight is 425 g/mol. The molecule has 0 radical (unpaired) electrons. The molecule has 0 bridgehead atoms. The number of hydrogen-bond acceptors (Lipinski definition) is 11. The van der Waals surface area contributed by atoms with Crippen LogP contribution >= 0.6 is 0 Å². The van der Waals surface area contributed by atoms with Crippen molar-refractivity contribution in [2.75, 3.05) is 13.2 Å². The number of carbonyl (C=O) groups is 3. The molecule has 14 heteroatoms. The summed E-state index contributed by atoms with van der Waals surface area (Å²) in [5, 5.41) is 70.3. The number of carboxylic acid groups (broad SMARTS) is 1. The molecule has 8 atom stereocenters. The minimum atomic E-state index is -1.82. The van der Waals surface area contributed by atoms with E-state index in [4.69, 9.17) is 20.7 Å². The Morgan fingerprint density at radius 1 is 1.03 bits per heavy atom. The summed E-state index contributed by atoms with van der Waals surface area (Å²) in [6.45, 7) is -1.01. The minimum Gasteiger partial charge on any atom is -0.481 e. The van der Waals surface area contributed by atoms with Gasteiger partial charge in [0.2, 0.25) is 11.8 Å². The highest BCUT2D eigenvalue weighted by atomic mass is 16.6. The predicted molar refractivity (Wildman–Crippen MR) is 91.8 cm³/mol. The second-order valence-corrected chi connectivity index (χ2v) is 6.55. The van der Waals surface area contributed by atoms with E-state index in [1.807, 2.05) is 0 Å². The highest BCUT2D eigenvalue weighted by molar-refractivity contribution is 5.91. The number of aliphatic hydroxyl groups excluding tert-OH is 6. The number of aliphatic hydroxyl groups is 6. The van der Waals surface area contributed by atoms with Gasteiger partial charge in [0.1, 0.15) is 30.5 Å². The number of carbonyl (C=O) groups excluding carboxylic acids is 2. The zero-order chi connectivity index (χ0) is 22.3. The maximum atomic E-state index is 12.4. The molecule has 1 saturated heterocycles. The van der Waals surface area contributed by atoms with E-state index in [-0.39, 0.29) is 6.42 Å². The maximum absolute atomic E-state index is 12.4. The smallest absolute Gasteiger partial charge is 0.305 e. The van der Waals surface area contributed by atoms with E-state index in [1.54, 1.807) is 0 Å². The van der Waals surface area contributed by atoms with E-state index < -0.39 is 86.2 Å². The lowest BCUT2D eigenvalue weighted by molar-refractivity contribution is -0.280. The van der Waals surface area contributed by atoms with Crippen molar-refractivity contribution < 1.29 is 54.9 Å². The molecule has 1 unspecified atom stereocenters. The molecule has 0 spiro atoms. The molecule has 1 aliphatic heterocycles. The molecule has 1 fully saturated rings. The first-order valence-corrected chi connectivity index (χ1v) is 8.71. The van der Waals surface area contributed by atoms with Gasteiger partial charge in [0, 0.05) is 13.2 Å². The lowest BCUT2D eigenvalue weighted by Gasteiger charge is -2.38. The normalized spacial score (nSPS) is 30.1. The summed E-state index contributed by atoms with van der Waals surface area (Å²) in [6.07, 6.45) is -10.9. The quantitative estimate of drug-likeness (QED) is 0.157. The van der Waals surface area contributed by atoms with Crippen LogP contribution in [0.4, 0.5) is 0 Å². The van der Waals surface area contributed by atoms with Crippen molar-refractivity contribution in [1.82, 2.24) is 10.6 Å². The van der Waals surface area contributed by atoms with Gasteiger partial charge in [-0.1, -0.05) is 0 Å². The number of nitrogens with two attached hydrogens (primary N) is 1. The minimum absolute atomic E-state index is 0.307. The lowest BCUT2D eigenvalue weighted by atomic mass is 9.98. The Morgan fingerprint density at radius 2 is 1.66 bits per heavy atom. The van der Waals surface area contributed by atoms with Gasteiger partial charge in [0.25, 0.3) is 0 Å². The van der Waals surface area contributed by atoms with E-state index in [2.05, 4.69) is 10.6 Å². The Hall–Kier alpha value is -1.91. The van der Waals surface area contributed by atoms with Gasteiger partial charge < -0.3 is 56.8 Å². The molecule has 168 valence electrons.